The number of anilines is 3. The second kappa shape index (κ2) is 11.9. The summed E-state index contributed by atoms with van der Waals surface area (Å²) in [6.07, 6.45) is 0.189. The third-order valence-electron chi connectivity index (χ3n) is 5.97. The van der Waals surface area contributed by atoms with Gasteiger partial charge in [0.25, 0.3) is 0 Å². The number of ether oxygens (including phenoxy) is 1. The van der Waals surface area contributed by atoms with Crippen LogP contribution in [-0.2, 0) is 16.0 Å². The second-order valence-corrected chi connectivity index (χ2v) is 8.65. The third kappa shape index (κ3) is 6.85. The van der Waals surface area contributed by atoms with Gasteiger partial charge in [-0.15, -0.1) is 0 Å². The number of urea groups is 1. The molecule has 3 N–H and O–H groups in total. The molecule has 0 aromatic heterocycles. The zero-order valence-electron chi connectivity index (χ0n) is 20.9. The van der Waals surface area contributed by atoms with Crippen molar-refractivity contribution in [2.75, 3.05) is 29.7 Å². The molecule has 8 nitrogen and oxygen atoms in total. The average molecular weight is 490 g/mol. The molecule has 1 unspecified atom stereocenters. The monoisotopic (exact) mass is 489 g/mol. The minimum atomic E-state index is -0.845. The first-order valence-electron chi connectivity index (χ1n) is 11.6. The maximum absolute atomic E-state index is 12.9. The highest BCUT2D eigenvalue weighted by molar-refractivity contribution is 6.01. The van der Waals surface area contributed by atoms with Crippen LogP contribution in [0.3, 0.4) is 0 Å². The maximum atomic E-state index is 12.9. The van der Waals surface area contributed by atoms with Crippen LogP contribution >= 0.6 is 0 Å². The molecule has 0 spiro atoms. The average Bonchev–Trinajstić information content (AvgIpc) is 2.85. The number of carbonyl (C=O) groups is 3. The Bertz CT molecular complexity index is 1240. The second-order valence-electron chi connectivity index (χ2n) is 8.65. The molecular formula is C28H31N3O5. The van der Waals surface area contributed by atoms with Gasteiger partial charge in [-0.05, 0) is 59.9 Å². The van der Waals surface area contributed by atoms with Crippen molar-refractivity contribution >= 4 is 35.0 Å². The van der Waals surface area contributed by atoms with E-state index in [9.17, 15) is 14.4 Å². The van der Waals surface area contributed by atoms with E-state index in [2.05, 4.69) is 10.6 Å². The molecule has 3 aromatic carbocycles. The van der Waals surface area contributed by atoms with E-state index in [1.54, 1.807) is 30.1 Å². The zero-order chi connectivity index (χ0) is 26.2. The predicted octanol–water partition coefficient (Wildman–Crippen LogP) is 5.43. The molecule has 3 amide bonds. The van der Waals surface area contributed by atoms with Gasteiger partial charge in [-0.3, -0.25) is 9.59 Å². The molecule has 3 aromatic rings. The number of carbonyl (C=O) groups excluding carboxylic acids is 2. The fourth-order valence-electron chi connectivity index (χ4n) is 3.78. The quantitative estimate of drug-likeness (QED) is 0.371. The number of methoxy groups -OCH3 is 1. The van der Waals surface area contributed by atoms with Gasteiger partial charge in [-0.2, -0.15) is 0 Å². The molecule has 0 fully saturated rings. The fourth-order valence-corrected chi connectivity index (χ4v) is 3.78. The van der Waals surface area contributed by atoms with Gasteiger partial charge in [0.05, 0.1) is 25.6 Å². The Balaban J connectivity index is 1.64. The third-order valence-corrected chi connectivity index (χ3v) is 5.97. The Labute approximate surface area is 210 Å². The molecule has 0 aliphatic rings. The van der Waals surface area contributed by atoms with Gasteiger partial charge in [0.2, 0.25) is 5.91 Å². The molecule has 1 atom stereocenters. The van der Waals surface area contributed by atoms with Crippen LogP contribution in [0.4, 0.5) is 21.9 Å². The van der Waals surface area contributed by atoms with E-state index in [-0.39, 0.29) is 24.7 Å². The highest BCUT2D eigenvalue weighted by atomic mass is 16.5. The van der Waals surface area contributed by atoms with Gasteiger partial charge >= 0.3 is 12.0 Å². The molecule has 0 saturated heterocycles. The lowest BCUT2D eigenvalue weighted by Gasteiger charge is -2.19. The first kappa shape index (κ1) is 26.3. The van der Waals surface area contributed by atoms with E-state index >= 15 is 0 Å². The predicted molar refractivity (Wildman–Crippen MR) is 141 cm³/mol. The summed E-state index contributed by atoms with van der Waals surface area (Å²) in [6, 6.07) is 19.6. The number of aliphatic carboxylic acids is 1. The molecule has 0 bridgehead atoms. The lowest BCUT2D eigenvalue weighted by Crippen LogP contribution is -2.27. The van der Waals surface area contributed by atoms with E-state index in [0.29, 0.717) is 22.8 Å². The molecule has 0 radical (unpaired) electrons. The van der Waals surface area contributed by atoms with E-state index in [1.165, 1.54) is 7.11 Å². The van der Waals surface area contributed by atoms with Gasteiger partial charge in [0, 0.05) is 18.4 Å². The highest BCUT2D eigenvalue weighted by Crippen LogP contribution is 2.27. The van der Waals surface area contributed by atoms with E-state index in [1.807, 2.05) is 62.4 Å². The van der Waals surface area contributed by atoms with Crippen molar-refractivity contribution in [1.82, 2.24) is 0 Å². The summed E-state index contributed by atoms with van der Waals surface area (Å²) in [7, 11) is 3.20. The van der Waals surface area contributed by atoms with Crippen LogP contribution in [0.25, 0.3) is 0 Å². The van der Waals surface area contributed by atoms with Crippen molar-refractivity contribution in [1.29, 1.82) is 0 Å². The Hall–Kier alpha value is -4.33. The first-order valence-corrected chi connectivity index (χ1v) is 11.6. The summed E-state index contributed by atoms with van der Waals surface area (Å²) in [5, 5.41) is 14.6. The number of aryl methyl sites for hydroxylation is 1. The van der Waals surface area contributed by atoms with E-state index in [0.717, 1.165) is 16.7 Å². The standard InChI is InChI=1S/C28H31N3O5/c1-18-7-5-6-8-23(18)29-28(35)30-24-14-9-20(16-25(24)36-4)17-26(32)31(3)22-12-10-21(11-13-22)19(2)15-27(33)34/h5-14,16,19H,15,17H2,1-4H3,(H,33,34)(H2,29,30,35). The van der Waals surface area contributed by atoms with Crippen LogP contribution in [-0.4, -0.2) is 37.2 Å². The van der Waals surface area contributed by atoms with Gasteiger partial charge < -0.3 is 25.4 Å². The summed E-state index contributed by atoms with van der Waals surface area (Å²) < 4.78 is 5.44. The largest absolute Gasteiger partial charge is 0.495 e. The van der Waals surface area contributed by atoms with Crippen LogP contribution < -0.4 is 20.3 Å². The first-order chi connectivity index (χ1) is 17.2. The number of hydrogen-bond acceptors (Lipinski definition) is 4. The number of nitrogens with one attached hydrogen (secondary N) is 2. The Kier molecular flexibility index (Phi) is 8.67. The minimum Gasteiger partial charge on any atom is -0.495 e. The Morgan fingerprint density at radius 3 is 2.28 bits per heavy atom. The molecular weight excluding hydrogens is 458 g/mol. The van der Waals surface area contributed by atoms with Crippen LogP contribution in [0, 0.1) is 6.92 Å². The molecule has 0 aliphatic carbocycles. The van der Waals surface area contributed by atoms with Gasteiger partial charge in [0.1, 0.15) is 5.75 Å². The summed E-state index contributed by atoms with van der Waals surface area (Å²) in [5.74, 6) is -0.639. The number of nitrogens with zero attached hydrogens (tertiary/aromatic N) is 1. The van der Waals surface area contributed by atoms with E-state index in [4.69, 9.17) is 9.84 Å². The van der Waals surface area contributed by atoms with Gasteiger partial charge in [0.15, 0.2) is 0 Å². The lowest BCUT2D eigenvalue weighted by molar-refractivity contribution is -0.137. The normalized spacial score (nSPS) is 11.3. The number of carboxylic acids is 1. The lowest BCUT2D eigenvalue weighted by atomic mass is 9.97. The van der Waals surface area contributed by atoms with Crippen molar-refractivity contribution in [3.05, 3.63) is 83.4 Å². The molecule has 0 heterocycles. The van der Waals surface area contributed by atoms with E-state index < -0.39 is 12.0 Å². The smallest absolute Gasteiger partial charge is 0.323 e. The van der Waals surface area contributed by atoms with Crippen LogP contribution in [0.1, 0.15) is 36.0 Å². The summed E-state index contributed by atoms with van der Waals surface area (Å²) in [6.45, 7) is 3.77. The summed E-state index contributed by atoms with van der Waals surface area (Å²) in [4.78, 5) is 37.9. The zero-order valence-corrected chi connectivity index (χ0v) is 20.9. The molecule has 188 valence electrons. The van der Waals surface area contributed by atoms with Crippen LogP contribution in [0.2, 0.25) is 0 Å². The molecule has 3 rings (SSSR count). The van der Waals surface area contributed by atoms with Gasteiger partial charge in [-0.1, -0.05) is 43.3 Å². The summed E-state index contributed by atoms with van der Waals surface area (Å²) >= 11 is 0. The van der Waals surface area contributed by atoms with Crippen molar-refractivity contribution in [2.45, 2.75) is 32.6 Å². The number of likely N-dealkylation sites (N-methyl/N-ethyl adjacent to an activating group) is 1. The number of carboxylic acid groups (broad SMARTS) is 1. The van der Waals surface area contributed by atoms with Crippen molar-refractivity contribution in [3.8, 4) is 5.75 Å². The SMILES string of the molecule is COc1cc(CC(=O)N(C)c2ccc(C(C)CC(=O)O)cc2)ccc1NC(=O)Nc1ccccc1C. The number of benzene rings is 3. The molecule has 36 heavy (non-hydrogen) atoms. The highest BCUT2D eigenvalue weighted by Gasteiger charge is 2.16. The van der Waals surface area contributed by atoms with Crippen molar-refractivity contribution < 1.29 is 24.2 Å². The van der Waals surface area contributed by atoms with Crippen molar-refractivity contribution in [3.63, 3.8) is 0 Å². The molecule has 0 saturated carbocycles. The van der Waals surface area contributed by atoms with Crippen molar-refractivity contribution in [2.24, 2.45) is 0 Å². The van der Waals surface area contributed by atoms with Crippen LogP contribution in [0.5, 0.6) is 5.75 Å². The van der Waals surface area contributed by atoms with Gasteiger partial charge in [-0.25, -0.2) is 4.79 Å². The minimum absolute atomic E-state index is 0.0500. The topological polar surface area (TPSA) is 108 Å². The number of para-hydroxylation sites is 1. The Morgan fingerprint density at radius 1 is 0.972 bits per heavy atom. The number of hydrogen-bond donors (Lipinski definition) is 3. The number of amides is 3. The maximum Gasteiger partial charge on any atom is 0.323 e. The van der Waals surface area contributed by atoms with Crippen LogP contribution in [0.15, 0.2) is 66.7 Å². The number of rotatable bonds is 9. The Morgan fingerprint density at radius 2 is 1.64 bits per heavy atom. The fraction of sp³-hybridized carbons (Fsp3) is 0.250. The summed E-state index contributed by atoms with van der Waals surface area (Å²) in [5.41, 5.74) is 4.50. The molecule has 0 aliphatic heterocycles. The molecule has 8 heteroatoms.